The Morgan fingerprint density at radius 2 is 1.81 bits per heavy atom. The molecule has 2 unspecified atom stereocenters. The van der Waals surface area contributed by atoms with Crippen LogP contribution in [0.1, 0.15) is 64.7 Å². The van der Waals surface area contributed by atoms with Crippen molar-refractivity contribution >= 4 is 0 Å². The van der Waals surface area contributed by atoms with E-state index in [9.17, 15) is 0 Å². The molecular formula is C14H27NO. The molecule has 1 saturated heterocycles. The van der Waals surface area contributed by atoms with Crippen LogP contribution in [0.25, 0.3) is 0 Å². The first-order valence-electron chi connectivity index (χ1n) is 7.10. The average Bonchev–Trinajstić information content (AvgIpc) is 2.54. The molecule has 16 heavy (non-hydrogen) atoms. The molecule has 2 atom stereocenters. The predicted molar refractivity (Wildman–Crippen MR) is 67.4 cm³/mol. The zero-order chi connectivity index (χ0) is 11.4. The van der Waals surface area contributed by atoms with Crippen LogP contribution < -0.4 is 5.73 Å². The minimum absolute atomic E-state index is 0.408. The van der Waals surface area contributed by atoms with E-state index in [2.05, 4.69) is 6.92 Å². The first-order valence-corrected chi connectivity index (χ1v) is 7.10. The second kappa shape index (κ2) is 5.50. The first kappa shape index (κ1) is 12.4. The van der Waals surface area contributed by atoms with Crippen molar-refractivity contribution in [2.75, 3.05) is 6.54 Å². The molecule has 0 aromatic heterocycles. The van der Waals surface area contributed by atoms with Crippen molar-refractivity contribution < 1.29 is 4.74 Å². The highest BCUT2D eigenvalue weighted by Crippen LogP contribution is 2.40. The smallest absolute Gasteiger partial charge is 0.0585 e. The fourth-order valence-corrected chi connectivity index (χ4v) is 3.49. The lowest BCUT2D eigenvalue weighted by Crippen LogP contribution is -2.34. The molecule has 0 amide bonds. The lowest BCUT2D eigenvalue weighted by molar-refractivity contribution is 0.0191. The van der Waals surface area contributed by atoms with Gasteiger partial charge in [-0.3, -0.25) is 0 Å². The third-order valence-electron chi connectivity index (χ3n) is 4.58. The third-order valence-corrected chi connectivity index (χ3v) is 4.58. The van der Waals surface area contributed by atoms with E-state index in [-0.39, 0.29) is 0 Å². The van der Waals surface area contributed by atoms with Gasteiger partial charge in [0.25, 0.3) is 0 Å². The zero-order valence-electron chi connectivity index (χ0n) is 10.7. The molecule has 1 aliphatic carbocycles. The molecule has 2 heteroatoms. The standard InChI is InChI=1S/C14H27NO/c1-12-6-7-13(16-12)10-14(11-15)8-4-2-3-5-9-14/h12-13H,2-11,15H2,1H3. The summed E-state index contributed by atoms with van der Waals surface area (Å²) in [4.78, 5) is 0. The summed E-state index contributed by atoms with van der Waals surface area (Å²) in [5.41, 5.74) is 6.47. The summed E-state index contributed by atoms with van der Waals surface area (Å²) in [6.07, 6.45) is 12.9. The van der Waals surface area contributed by atoms with Gasteiger partial charge >= 0.3 is 0 Å². The van der Waals surface area contributed by atoms with E-state index in [0.29, 0.717) is 17.6 Å². The second-order valence-electron chi connectivity index (χ2n) is 5.97. The van der Waals surface area contributed by atoms with Gasteiger partial charge in [0.05, 0.1) is 12.2 Å². The highest BCUT2D eigenvalue weighted by atomic mass is 16.5. The lowest BCUT2D eigenvalue weighted by atomic mass is 9.75. The van der Waals surface area contributed by atoms with Crippen molar-refractivity contribution in [1.29, 1.82) is 0 Å². The van der Waals surface area contributed by atoms with Crippen LogP contribution in [-0.4, -0.2) is 18.8 Å². The van der Waals surface area contributed by atoms with Gasteiger partial charge in [-0.15, -0.1) is 0 Å². The summed E-state index contributed by atoms with van der Waals surface area (Å²) in [5.74, 6) is 0. The maximum atomic E-state index is 6.06. The Balaban J connectivity index is 1.92. The van der Waals surface area contributed by atoms with Gasteiger partial charge in [0.2, 0.25) is 0 Å². The van der Waals surface area contributed by atoms with Gasteiger partial charge in [0.15, 0.2) is 0 Å². The van der Waals surface area contributed by atoms with E-state index < -0.39 is 0 Å². The van der Waals surface area contributed by atoms with Crippen LogP contribution in [0.15, 0.2) is 0 Å². The molecule has 94 valence electrons. The SMILES string of the molecule is CC1CCC(CC2(CN)CCCCCC2)O1. The van der Waals surface area contributed by atoms with Crippen LogP contribution in [0.4, 0.5) is 0 Å². The lowest BCUT2D eigenvalue weighted by Gasteiger charge is -2.33. The Bertz CT molecular complexity index is 209. The molecule has 0 spiro atoms. The minimum Gasteiger partial charge on any atom is -0.375 e. The quantitative estimate of drug-likeness (QED) is 0.748. The molecule has 2 aliphatic rings. The molecule has 0 aromatic rings. The maximum absolute atomic E-state index is 6.06. The molecule has 0 aromatic carbocycles. The number of rotatable bonds is 3. The summed E-state index contributed by atoms with van der Waals surface area (Å²) in [6.45, 7) is 3.06. The van der Waals surface area contributed by atoms with Crippen molar-refractivity contribution in [2.24, 2.45) is 11.1 Å². The van der Waals surface area contributed by atoms with E-state index >= 15 is 0 Å². The molecular weight excluding hydrogens is 198 g/mol. The Kier molecular flexibility index (Phi) is 4.26. The average molecular weight is 225 g/mol. The van der Waals surface area contributed by atoms with Crippen LogP contribution in [-0.2, 0) is 4.74 Å². The van der Waals surface area contributed by atoms with Crippen molar-refractivity contribution in [3.8, 4) is 0 Å². The molecule has 0 radical (unpaired) electrons. The summed E-state index contributed by atoms with van der Waals surface area (Å²) in [6, 6.07) is 0. The van der Waals surface area contributed by atoms with Gasteiger partial charge in [-0.25, -0.2) is 0 Å². The van der Waals surface area contributed by atoms with Crippen LogP contribution in [0.3, 0.4) is 0 Å². The highest BCUT2D eigenvalue weighted by Gasteiger charge is 2.35. The van der Waals surface area contributed by atoms with E-state index in [4.69, 9.17) is 10.5 Å². The molecule has 1 saturated carbocycles. The number of ether oxygens (including phenoxy) is 1. The zero-order valence-corrected chi connectivity index (χ0v) is 10.7. The van der Waals surface area contributed by atoms with Gasteiger partial charge < -0.3 is 10.5 Å². The van der Waals surface area contributed by atoms with Gasteiger partial charge in [0.1, 0.15) is 0 Å². The Labute approximate surface area is 99.9 Å². The molecule has 1 heterocycles. The minimum atomic E-state index is 0.408. The van der Waals surface area contributed by atoms with Gasteiger partial charge in [0, 0.05) is 0 Å². The van der Waals surface area contributed by atoms with Gasteiger partial charge in [-0.05, 0) is 51.0 Å². The fraction of sp³-hybridized carbons (Fsp3) is 1.00. The predicted octanol–water partition coefficient (Wildman–Crippen LogP) is 3.24. The topological polar surface area (TPSA) is 35.2 Å². The Morgan fingerprint density at radius 3 is 2.31 bits per heavy atom. The van der Waals surface area contributed by atoms with Crippen molar-refractivity contribution in [3.63, 3.8) is 0 Å². The van der Waals surface area contributed by atoms with Crippen LogP contribution >= 0.6 is 0 Å². The monoisotopic (exact) mass is 225 g/mol. The van der Waals surface area contributed by atoms with Crippen molar-refractivity contribution in [1.82, 2.24) is 0 Å². The molecule has 1 aliphatic heterocycles. The first-order chi connectivity index (χ1) is 7.74. The van der Waals surface area contributed by atoms with Crippen molar-refractivity contribution in [3.05, 3.63) is 0 Å². The maximum Gasteiger partial charge on any atom is 0.0585 e. The Morgan fingerprint density at radius 1 is 1.12 bits per heavy atom. The van der Waals surface area contributed by atoms with E-state index in [1.807, 2.05) is 0 Å². The fourth-order valence-electron chi connectivity index (χ4n) is 3.49. The molecule has 0 bridgehead atoms. The largest absolute Gasteiger partial charge is 0.375 e. The van der Waals surface area contributed by atoms with E-state index in [1.165, 1.54) is 57.8 Å². The highest BCUT2D eigenvalue weighted by molar-refractivity contribution is 4.87. The summed E-state index contributed by atoms with van der Waals surface area (Å²) in [7, 11) is 0. The van der Waals surface area contributed by atoms with Crippen LogP contribution in [0.5, 0.6) is 0 Å². The molecule has 2 nitrogen and oxygen atoms in total. The van der Waals surface area contributed by atoms with Gasteiger partial charge in [-0.1, -0.05) is 25.7 Å². The number of hydrogen-bond acceptors (Lipinski definition) is 2. The summed E-state index contributed by atoms with van der Waals surface area (Å²) in [5, 5.41) is 0. The molecule has 2 N–H and O–H groups in total. The summed E-state index contributed by atoms with van der Waals surface area (Å²) >= 11 is 0. The summed E-state index contributed by atoms with van der Waals surface area (Å²) < 4.78 is 5.98. The van der Waals surface area contributed by atoms with Crippen LogP contribution in [0, 0.1) is 5.41 Å². The second-order valence-corrected chi connectivity index (χ2v) is 5.97. The molecule has 2 rings (SSSR count). The molecule has 2 fully saturated rings. The Hall–Kier alpha value is -0.0800. The van der Waals surface area contributed by atoms with Crippen molar-refractivity contribution in [2.45, 2.75) is 76.9 Å². The number of hydrogen-bond donors (Lipinski definition) is 1. The third kappa shape index (κ3) is 2.98. The number of nitrogens with two attached hydrogens (primary N) is 1. The van der Waals surface area contributed by atoms with Gasteiger partial charge in [-0.2, -0.15) is 0 Å². The van der Waals surface area contributed by atoms with Crippen LogP contribution in [0.2, 0.25) is 0 Å². The normalized spacial score (nSPS) is 34.9. The van der Waals surface area contributed by atoms with E-state index in [1.54, 1.807) is 0 Å². The van der Waals surface area contributed by atoms with E-state index in [0.717, 1.165) is 6.54 Å².